The molecule has 3 nitrogen and oxygen atoms in total. The molecule has 2 saturated heterocycles. The van der Waals surface area contributed by atoms with Gasteiger partial charge < -0.3 is 15.2 Å². The van der Waals surface area contributed by atoms with Crippen molar-refractivity contribution in [1.29, 1.82) is 0 Å². The summed E-state index contributed by atoms with van der Waals surface area (Å²) in [6.07, 6.45) is 4.58. The van der Waals surface area contributed by atoms with Gasteiger partial charge in [-0.25, -0.2) is 0 Å². The average molecular weight is 307 g/mol. The first kappa shape index (κ1) is 15.2. The fraction of sp³-hybridized carbons (Fsp3) is 0.647. The van der Waals surface area contributed by atoms with Crippen molar-refractivity contribution in [1.82, 2.24) is 0 Å². The second-order valence-corrected chi connectivity index (χ2v) is 7.37. The molecule has 0 bridgehead atoms. The van der Waals surface area contributed by atoms with E-state index in [1.54, 1.807) is 0 Å². The van der Waals surface area contributed by atoms with E-state index in [4.69, 9.17) is 15.2 Å². The van der Waals surface area contributed by atoms with Crippen LogP contribution in [0.5, 0.6) is 5.75 Å². The van der Waals surface area contributed by atoms with Crippen LogP contribution in [0.25, 0.3) is 0 Å². The van der Waals surface area contributed by atoms with Gasteiger partial charge in [0.1, 0.15) is 11.9 Å². The smallest absolute Gasteiger partial charge is 0.127 e. The first-order valence-electron chi connectivity index (χ1n) is 7.89. The van der Waals surface area contributed by atoms with Gasteiger partial charge in [0.25, 0.3) is 0 Å². The van der Waals surface area contributed by atoms with Crippen molar-refractivity contribution < 1.29 is 9.47 Å². The number of thioether (sulfide) groups is 1. The lowest BCUT2D eigenvalue weighted by Crippen LogP contribution is -2.46. The molecule has 2 aliphatic rings. The molecule has 1 spiro atoms. The summed E-state index contributed by atoms with van der Waals surface area (Å²) in [7, 11) is 0. The number of ether oxygens (including phenoxy) is 2. The first-order chi connectivity index (χ1) is 10.2. The van der Waals surface area contributed by atoms with Gasteiger partial charge in [-0.1, -0.05) is 18.2 Å². The summed E-state index contributed by atoms with van der Waals surface area (Å²) in [5.74, 6) is 3.42. The van der Waals surface area contributed by atoms with Crippen molar-refractivity contribution in [2.75, 3.05) is 18.1 Å². The van der Waals surface area contributed by atoms with Crippen LogP contribution in [0.1, 0.15) is 36.8 Å². The molecule has 2 heterocycles. The number of aryl methyl sites for hydroxylation is 1. The molecule has 0 saturated carbocycles. The van der Waals surface area contributed by atoms with Crippen molar-refractivity contribution in [2.45, 2.75) is 50.9 Å². The largest absolute Gasteiger partial charge is 0.490 e. The summed E-state index contributed by atoms with van der Waals surface area (Å²) >= 11 is 2.04. The molecule has 2 N–H and O–H groups in total. The lowest BCUT2D eigenvalue weighted by atomic mass is 9.86. The van der Waals surface area contributed by atoms with Gasteiger partial charge in [-0.15, -0.1) is 0 Å². The number of nitrogens with two attached hydrogens (primary N) is 1. The van der Waals surface area contributed by atoms with Crippen molar-refractivity contribution in [2.24, 2.45) is 5.73 Å². The van der Waals surface area contributed by atoms with Crippen molar-refractivity contribution in [3.8, 4) is 5.75 Å². The van der Waals surface area contributed by atoms with Crippen molar-refractivity contribution in [3.63, 3.8) is 0 Å². The molecule has 1 unspecified atom stereocenters. The van der Waals surface area contributed by atoms with E-state index >= 15 is 0 Å². The van der Waals surface area contributed by atoms with Gasteiger partial charge in [0.05, 0.1) is 12.2 Å². The number of rotatable bonds is 3. The molecule has 4 heteroatoms. The Balaban J connectivity index is 1.73. The normalized spacial score (nSPS) is 25.0. The highest BCUT2D eigenvalue weighted by Gasteiger charge is 2.39. The molecule has 0 radical (unpaired) electrons. The number of para-hydroxylation sites is 1. The Labute approximate surface area is 131 Å². The van der Waals surface area contributed by atoms with Crippen LogP contribution in [-0.4, -0.2) is 29.8 Å². The summed E-state index contributed by atoms with van der Waals surface area (Å²) in [6, 6.07) is 6.21. The van der Waals surface area contributed by atoms with Crippen LogP contribution >= 0.6 is 11.8 Å². The highest BCUT2D eigenvalue weighted by molar-refractivity contribution is 7.99. The molecular formula is C17H25NO2S. The zero-order chi connectivity index (χ0) is 14.7. The molecule has 1 aromatic carbocycles. The van der Waals surface area contributed by atoms with Crippen LogP contribution in [0, 0.1) is 6.92 Å². The topological polar surface area (TPSA) is 44.5 Å². The van der Waals surface area contributed by atoms with E-state index in [2.05, 4.69) is 19.1 Å². The maximum absolute atomic E-state index is 6.37. The van der Waals surface area contributed by atoms with Crippen LogP contribution < -0.4 is 10.5 Å². The minimum absolute atomic E-state index is 0.0692. The molecule has 116 valence electrons. The lowest BCUT2D eigenvalue weighted by molar-refractivity contribution is -0.116. The quantitative estimate of drug-likeness (QED) is 0.931. The first-order valence-corrected chi connectivity index (χ1v) is 9.05. The van der Waals surface area contributed by atoms with Gasteiger partial charge in [-0.2, -0.15) is 11.8 Å². The minimum atomic E-state index is 0.0692. The van der Waals surface area contributed by atoms with Crippen molar-refractivity contribution >= 4 is 11.8 Å². The van der Waals surface area contributed by atoms with Gasteiger partial charge in [0.2, 0.25) is 0 Å². The fourth-order valence-corrected chi connectivity index (χ4v) is 4.62. The van der Waals surface area contributed by atoms with Gasteiger partial charge in [0, 0.05) is 24.9 Å². The molecule has 1 aromatic rings. The van der Waals surface area contributed by atoms with Crippen LogP contribution in [-0.2, 0) is 11.3 Å². The van der Waals surface area contributed by atoms with E-state index in [0.29, 0.717) is 6.54 Å². The van der Waals surface area contributed by atoms with Crippen molar-refractivity contribution in [3.05, 3.63) is 29.3 Å². The van der Waals surface area contributed by atoms with E-state index < -0.39 is 0 Å². The Hall–Kier alpha value is -0.710. The minimum Gasteiger partial charge on any atom is -0.490 e. The molecule has 0 amide bonds. The lowest BCUT2D eigenvalue weighted by Gasteiger charge is -2.43. The molecule has 0 aliphatic carbocycles. The Bertz CT molecular complexity index is 480. The van der Waals surface area contributed by atoms with Crippen LogP contribution in [0.3, 0.4) is 0 Å². The molecular weight excluding hydrogens is 282 g/mol. The van der Waals surface area contributed by atoms with E-state index in [9.17, 15) is 0 Å². The highest BCUT2D eigenvalue weighted by atomic mass is 32.2. The maximum atomic E-state index is 6.37. The molecule has 2 fully saturated rings. The number of benzene rings is 1. The van der Waals surface area contributed by atoms with Crippen LogP contribution in [0.4, 0.5) is 0 Å². The van der Waals surface area contributed by atoms with E-state index in [1.807, 2.05) is 17.8 Å². The van der Waals surface area contributed by atoms with Crippen LogP contribution in [0.2, 0.25) is 0 Å². The number of hydrogen-bond donors (Lipinski definition) is 1. The molecule has 21 heavy (non-hydrogen) atoms. The van der Waals surface area contributed by atoms with Gasteiger partial charge in [-0.05, 0) is 36.8 Å². The molecule has 0 aromatic heterocycles. The predicted molar refractivity (Wildman–Crippen MR) is 88.0 cm³/mol. The Morgan fingerprint density at radius 3 is 2.95 bits per heavy atom. The summed E-state index contributed by atoms with van der Waals surface area (Å²) in [5.41, 5.74) is 8.21. The summed E-state index contributed by atoms with van der Waals surface area (Å²) in [6.45, 7) is 3.45. The average Bonchev–Trinajstić information content (AvgIpc) is 2.50. The molecule has 1 atom stereocenters. The van der Waals surface area contributed by atoms with E-state index in [1.165, 1.54) is 17.1 Å². The Morgan fingerprint density at radius 1 is 1.38 bits per heavy atom. The third-order valence-corrected chi connectivity index (χ3v) is 5.64. The monoisotopic (exact) mass is 307 g/mol. The summed E-state index contributed by atoms with van der Waals surface area (Å²) in [4.78, 5) is 0. The second-order valence-electron chi connectivity index (χ2n) is 6.14. The second kappa shape index (κ2) is 6.59. The fourth-order valence-electron chi connectivity index (χ4n) is 3.38. The van der Waals surface area contributed by atoms with E-state index in [0.717, 1.165) is 43.6 Å². The van der Waals surface area contributed by atoms with E-state index in [-0.39, 0.29) is 11.7 Å². The zero-order valence-electron chi connectivity index (χ0n) is 12.8. The Kier molecular flexibility index (Phi) is 4.77. The molecule has 2 aliphatic heterocycles. The third kappa shape index (κ3) is 3.38. The number of hydrogen-bond acceptors (Lipinski definition) is 4. The van der Waals surface area contributed by atoms with Crippen LogP contribution in [0.15, 0.2) is 18.2 Å². The predicted octanol–water partition coefficient (Wildman–Crippen LogP) is 3.28. The SMILES string of the molecule is Cc1cccc(CN)c1OC1CCOC2(CCSCC2)C1. The van der Waals surface area contributed by atoms with Gasteiger partial charge in [-0.3, -0.25) is 0 Å². The highest BCUT2D eigenvalue weighted by Crippen LogP contribution is 2.39. The summed E-state index contributed by atoms with van der Waals surface area (Å²) in [5, 5.41) is 0. The standard InChI is InChI=1S/C17H25NO2S/c1-13-3-2-4-14(12-18)16(13)20-15-5-8-19-17(11-15)6-9-21-10-7-17/h2-4,15H,5-12,18H2,1H3. The Morgan fingerprint density at radius 2 is 2.19 bits per heavy atom. The summed E-state index contributed by atoms with van der Waals surface area (Å²) < 4.78 is 12.5. The molecule has 3 rings (SSSR count). The third-order valence-electron chi connectivity index (χ3n) is 4.65. The van der Waals surface area contributed by atoms with Gasteiger partial charge >= 0.3 is 0 Å². The zero-order valence-corrected chi connectivity index (χ0v) is 13.6. The maximum Gasteiger partial charge on any atom is 0.127 e. The van der Waals surface area contributed by atoms with Gasteiger partial charge in [0.15, 0.2) is 0 Å².